The first-order valence-electron chi connectivity index (χ1n) is 10.8. The van der Waals surface area contributed by atoms with Gasteiger partial charge in [0.1, 0.15) is 6.61 Å². The minimum absolute atomic E-state index is 0.0339. The molecule has 2 heterocycles. The normalized spacial score (nSPS) is 16.5. The summed E-state index contributed by atoms with van der Waals surface area (Å²) >= 11 is 0. The number of fused-ring (bicyclic) bond motifs is 1. The topological polar surface area (TPSA) is 88.2 Å². The minimum Gasteiger partial charge on any atom is -0.469 e. The van der Waals surface area contributed by atoms with Crippen LogP contribution < -0.4 is 10.2 Å². The third-order valence-electron chi connectivity index (χ3n) is 5.86. The van der Waals surface area contributed by atoms with E-state index in [1.54, 1.807) is 17.0 Å². The van der Waals surface area contributed by atoms with Gasteiger partial charge in [0, 0.05) is 25.3 Å². The molecule has 2 aliphatic rings. The second-order valence-corrected chi connectivity index (χ2v) is 7.81. The third kappa shape index (κ3) is 4.60. The molecule has 4 rings (SSSR count). The van der Waals surface area contributed by atoms with Crippen molar-refractivity contribution in [1.29, 1.82) is 0 Å². The molecule has 2 aromatic carbocycles. The highest BCUT2D eigenvalue weighted by Gasteiger charge is 2.39. The van der Waals surface area contributed by atoms with Crippen LogP contribution in [0.5, 0.6) is 0 Å². The van der Waals surface area contributed by atoms with Crippen molar-refractivity contribution >= 4 is 23.7 Å². The van der Waals surface area contributed by atoms with Gasteiger partial charge in [-0.2, -0.15) is 0 Å². The number of anilines is 1. The Morgan fingerprint density at radius 1 is 1.09 bits per heavy atom. The molecule has 2 aromatic rings. The van der Waals surface area contributed by atoms with Crippen LogP contribution in [0.25, 0.3) is 0 Å². The number of nitrogens with one attached hydrogen (secondary N) is 1. The van der Waals surface area contributed by atoms with Gasteiger partial charge in [0.2, 0.25) is 0 Å². The number of carbonyl (C=O) groups is 3. The summed E-state index contributed by atoms with van der Waals surface area (Å²) in [6.45, 7) is 2.53. The molecule has 2 amide bonds. The van der Waals surface area contributed by atoms with Crippen molar-refractivity contribution in [2.45, 2.75) is 25.4 Å². The quantitative estimate of drug-likeness (QED) is 0.670. The molecule has 1 N–H and O–H groups in total. The zero-order chi connectivity index (χ0) is 22.5. The molecule has 168 valence electrons. The predicted octanol–water partition coefficient (Wildman–Crippen LogP) is 2.42. The van der Waals surface area contributed by atoms with Crippen LogP contribution in [0.3, 0.4) is 0 Å². The molecule has 2 aliphatic heterocycles. The van der Waals surface area contributed by atoms with E-state index in [0.717, 1.165) is 25.2 Å². The lowest BCUT2D eigenvalue weighted by Crippen LogP contribution is -2.39. The maximum absolute atomic E-state index is 13.4. The molecule has 8 heteroatoms. The molecule has 0 aromatic heterocycles. The summed E-state index contributed by atoms with van der Waals surface area (Å²) in [7, 11) is 1.28. The molecule has 1 saturated heterocycles. The average molecular weight is 437 g/mol. The largest absolute Gasteiger partial charge is 0.469 e. The predicted molar refractivity (Wildman–Crippen MR) is 118 cm³/mol. The third-order valence-corrected chi connectivity index (χ3v) is 5.86. The summed E-state index contributed by atoms with van der Waals surface area (Å²) in [6, 6.07) is 14.1. The Hall–Kier alpha value is -3.39. The smallest absolute Gasteiger partial charge is 0.333 e. The van der Waals surface area contributed by atoms with Gasteiger partial charge in [-0.3, -0.25) is 9.69 Å². The van der Waals surface area contributed by atoms with Crippen LogP contribution in [-0.2, 0) is 32.0 Å². The number of esters is 2. The van der Waals surface area contributed by atoms with E-state index in [0.29, 0.717) is 18.7 Å². The molecule has 8 nitrogen and oxygen atoms in total. The molecule has 32 heavy (non-hydrogen) atoms. The molecule has 0 aliphatic carbocycles. The number of carbonyl (C=O) groups excluding carboxylic acids is 3. The van der Waals surface area contributed by atoms with Gasteiger partial charge < -0.3 is 19.7 Å². The van der Waals surface area contributed by atoms with Crippen LogP contribution in [0.2, 0.25) is 0 Å². The lowest BCUT2D eigenvalue weighted by molar-refractivity contribution is -0.151. The molecule has 0 spiro atoms. The lowest BCUT2D eigenvalue weighted by Gasteiger charge is -2.27. The van der Waals surface area contributed by atoms with Crippen molar-refractivity contribution in [1.82, 2.24) is 10.2 Å². The molecule has 0 bridgehead atoms. The molecule has 1 fully saturated rings. The molecular weight excluding hydrogens is 410 g/mol. The maximum Gasteiger partial charge on any atom is 0.333 e. The van der Waals surface area contributed by atoms with Crippen LogP contribution in [-0.4, -0.2) is 56.2 Å². The molecular formula is C24H27N3O5. The van der Waals surface area contributed by atoms with Gasteiger partial charge in [0.15, 0.2) is 6.04 Å². The monoisotopic (exact) mass is 437 g/mol. The van der Waals surface area contributed by atoms with Crippen LogP contribution in [0.4, 0.5) is 10.5 Å². The van der Waals surface area contributed by atoms with Gasteiger partial charge in [0.05, 0.1) is 13.5 Å². The van der Waals surface area contributed by atoms with Gasteiger partial charge in [0.25, 0.3) is 0 Å². The Morgan fingerprint density at radius 3 is 2.69 bits per heavy atom. The highest BCUT2D eigenvalue weighted by Crippen LogP contribution is 2.31. The van der Waals surface area contributed by atoms with E-state index in [9.17, 15) is 14.4 Å². The molecule has 0 radical (unpaired) electrons. The van der Waals surface area contributed by atoms with Crippen molar-refractivity contribution < 1.29 is 23.9 Å². The summed E-state index contributed by atoms with van der Waals surface area (Å²) < 4.78 is 9.94. The lowest BCUT2D eigenvalue weighted by atomic mass is 10.0. The zero-order valence-electron chi connectivity index (χ0n) is 18.1. The van der Waals surface area contributed by atoms with E-state index in [4.69, 9.17) is 4.74 Å². The Balaban J connectivity index is 1.53. The van der Waals surface area contributed by atoms with Crippen molar-refractivity contribution in [2.75, 3.05) is 38.3 Å². The van der Waals surface area contributed by atoms with Crippen LogP contribution in [0.1, 0.15) is 29.2 Å². The van der Waals surface area contributed by atoms with Gasteiger partial charge >= 0.3 is 18.0 Å². The summed E-state index contributed by atoms with van der Waals surface area (Å²) in [4.78, 5) is 41.0. The number of rotatable bonds is 7. The first-order chi connectivity index (χ1) is 15.6. The average Bonchev–Trinajstić information content (AvgIpc) is 3.20. The van der Waals surface area contributed by atoms with Gasteiger partial charge in [-0.05, 0) is 41.8 Å². The van der Waals surface area contributed by atoms with Crippen LogP contribution >= 0.6 is 0 Å². The number of benzene rings is 2. The second-order valence-electron chi connectivity index (χ2n) is 7.81. The number of nitrogens with zero attached hydrogens (tertiary/aromatic N) is 2. The fourth-order valence-corrected chi connectivity index (χ4v) is 4.16. The second kappa shape index (κ2) is 9.82. The summed E-state index contributed by atoms with van der Waals surface area (Å²) in [6.07, 6.45) is 0.891. The van der Waals surface area contributed by atoms with Crippen molar-refractivity contribution in [3.05, 3.63) is 65.2 Å². The standard InChI is InChI=1S/C24H27N3O5/c1-31-21(28)10-14-32-23(29)22(17-5-3-2-4-6-17)27-13-12-26(24(27)30)20-8-7-19-16-25-11-9-18(19)15-20/h2-8,15,22,25H,9-14,16H2,1H3. The summed E-state index contributed by atoms with van der Waals surface area (Å²) in [5, 5.41) is 3.35. The highest BCUT2D eigenvalue weighted by molar-refractivity contribution is 5.97. The van der Waals surface area contributed by atoms with Gasteiger partial charge in [-0.15, -0.1) is 0 Å². The minimum atomic E-state index is -0.881. The number of amides is 2. The maximum atomic E-state index is 13.4. The van der Waals surface area contributed by atoms with E-state index < -0.39 is 18.0 Å². The number of ether oxygens (including phenoxy) is 2. The Bertz CT molecular complexity index is 994. The zero-order valence-corrected chi connectivity index (χ0v) is 18.1. The summed E-state index contributed by atoms with van der Waals surface area (Å²) in [5.41, 5.74) is 4.00. The number of hydrogen-bond acceptors (Lipinski definition) is 6. The number of urea groups is 1. The van der Waals surface area contributed by atoms with Gasteiger partial charge in [-0.1, -0.05) is 36.4 Å². The fraction of sp³-hybridized carbons (Fsp3) is 0.375. The van der Waals surface area contributed by atoms with Crippen molar-refractivity contribution in [2.24, 2.45) is 0 Å². The fourth-order valence-electron chi connectivity index (χ4n) is 4.16. The molecule has 1 unspecified atom stereocenters. The van der Waals surface area contributed by atoms with E-state index in [2.05, 4.69) is 22.2 Å². The van der Waals surface area contributed by atoms with Gasteiger partial charge in [-0.25, -0.2) is 9.59 Å². The Morgan fingerprint density at radius 2 is 1.91 bits per heavy atom. The van der Waals surface area contributed by atoms with E-state index in [-0.39, 0.29) is 19.1 Å². The Labute approximate surface area is 187 Å². The number of methoxy groups -OCH3 is 1. The first kappa shape index (κ1) is 21.8. The van der Waals surface area contributed by atoms with E-state index in [1.807, 2.05) is 24.3 Å². The first-order valence-corrected chi connectivity index (χ1v) is 10.8. The molecule has 0 saturated carbocycles. The van der Waals surface area contributed by atoms with Crippen molar-refractivity contribution in [3.63, 3.8) is 0 Å². The SMILES string of the molecule is COC(=O)CCOC(=O)C(c1ccccc1)N1CCN(c2ccc3c(c2)CCNC3)C1=O. The highest BCUT2D eigenvalue weighted by atomic mass is 16.5. The van der Waals surface area contributed by atoms with Crippen molar-refractivity contribution in [3.8, 4) is 0 Å². The van der Waals surface area contributed by atoms with E-state index in [1.165, 1.54) is 23.1 Å². The summed E-state index contributed by atoms with van der Waals surface area (Å²) in [5.74, 6) is -1.02. The number of hydrogen-bond donors (Lipinski definition) is 1. The van der Waals surface area contributed by atoms with Crippen LogP contribution in [0.15, 0.2) is 48.5 Å². The Kier molecular flexibility index (Phi) is 6.70. The van der Waals surface area contributed by atoms with E-state index >= 15 is 0 Å². The van der Waals surface area contributed by atoms with Crippen LogP contribution in [0, 0.1) is 0 Å². The molecule has 1 atom stereocenters.